The van der Waals surface area contributed by atoms with E-state index < -0.39 is 23.2 Å². The summed E-state index contributed by atoms with van der Waals surface area (Å²) in [7, 11) is 1.22. The lowest BCUT2D eigenvalue weighted by atomic mass is 10.1. The quantitative estimate of drug-likeness (QED) is 0.242. The number of aryl methyl sites for hydroxylation is 1. The number of nitrogens with zero attached hydrogens (tertiary/aromatic N) is 1. The normalized spacial score (nSPS) is 15.7. The average Bonchev–Trinajstić information content (AvgIpc) is 3.06. The smallest absolute Gasteiger partial charge is 0.328 e. The second-order valence-corrected chi connectivity index (χ2v) is 9.44. The van der Waals surface area contributed by atoms with Crippen LogP contribution in [-0.2, 0) is 20.9 Å². The molecule has 0 aromatic heterocycles. The molecule has 0 radical (unpaired) electrons. The molecule has 0 N–H and O–H groups in total. The zero-order valence-electron chi connectivity index (χ0n) is 18.7. The molecule has 0 unspecified atom stereocenters. The van der Waals surface area contributed by atoms with Crippen LogP contribution in [0.25, 0.3) is 6.08 Å². The number of imide groups is 1. The van der Waals surface area contributed by atoms with Crippen molar-refractivity contribution in [3.8, 4) is 11.5 Å². The highest BCUT2D eigenvalue weighted by Crippen LogP contribution is 2.38. The third-order valence-electron chi connectivity index (χ3n) is 4.89. The molecule has 1 atom stereocenters. The van der Waals surface area contributed by atoms with Crippen LogP contribution >= 0.6 is 34.4 Å². The number of amides is 2. The van der Waals surface area contributed by atoms with Gasteiger partial charge in [-0.15, -0.1) is 0 Å². The minimum Gasteiger partial charge on any atom is -0.490 e. The molecule has 0 saturated carbocycles. The van der Waals surface area contributed by atoms with Gasteiger partial charge in [0, 0.05) is 0 Å². The number of thioether (sulfide) groups is 1. The summed E-state index contributed by atoms with van der Waals surface area (Å²) < 4.78 is 17.3. The Morgan fingerprint density at radius 3 is 2.52 bits per heavy atom. The lowest BCUT2D eigenvalue weighted by Gasteiger charge is -2.18. The second kappa shape index (κ2) is 11.1. The lowest BCUT2D eigenvalue weighted by molar-refractivity contribution is -0.148. The van der Waals surface area contributed by atoms with Crippen LogP contribution in [0.2, 0.25) is 0 Å². The van der Waals surface area contributed by atoms with Crippen LogP contribution in [0.3, 0.4) is 0 Å². The number of carbonyl (C=O) groups is 3. The highest BCUT2D eigenvalue weighted by atomic mass is 127. The summed E-state index contributed by atoms with van der Waals surface area (Å²) in [4.78, 5) is 38.1. The van der Waals surface area contributed by atoms with Crippen molar-refractivity contribution in [2.24, 2.45) is 0 Å². The lowest BCUT2D eigenvalue weighted by Crippen LogP contribution is -2.42. The topological polar surface area (TPSA) is 82.1 Å². The first kappa shape index (κ1) is 25.1. The third kappa shape index (κ3) is 5.89. The molecule has 0 bridgehead atoms. The molecule has 174 valence electrons. The maximum atomic E-state index is 12.8. The highest BCUT2D eigenvalue weighted by Gasteiger charge is 2.41. The van der Waals surface area contributed by atoms with Crippen molar-refractivity contribution >= 4 is 57.5 Å². The van der Waals surface area contributed by atoms with Gasteiger partial charge in [-0.1, -0.05) is 29.8 Å². The fraction of sp³-hybridized carbons (Fsp3) is 0.292. The van der Waals surface area contributed by atoms with E-state index in [2.05, 4.69) is 27.3 Å². The number of methoxy groups -OCH3 is 1. The largest absolute Gasteiger partial charge is 0.490 e. The summed E-state index contributed by atoms with van der Waals surface area (Å²) >= 11 is 2.95. The predicted molar refractivity (Wildman–Crippen MR) is 135 cm³/mol. The molecule has 1 aliphatic rings. The minimum atomic E-state index is -0.995. The molecular weight excluding hydrogens is 557 g/mol. The minimum absolute atomic E-state index is 0.224. The molecule has 2 aromatic rings. The Kier molecular flexibility index (Phi) is 8.41. The molecule has 7 nitrogen and oxygen atoms in total. The number of hydrogen-bond donors (Lipinski definition) is 0. The van der Waals surface area contributed by atoms with Gasteiger partial charge in [0.1, 0.15) is 12.6 Å². The molecule has 1 aliphatic heterocycles. The molecule has 33 heavy (non-hydrogen) atoms. The Labute approximate surface area is 210 Å². The van der Waals surface area contributed by atoms with Gasteiger partial charge in [-0.2, -0.15) is 0 Å². The monoisotopic (exact) mass is 581 g/mol. The van der Waals surface area contributed by atoms with Crippen LogP contribution in [0, 0.1) is 10.5 Å². The fourth-order valence-corrected chi connectivity index (χ4v) is 4.84. The van der Waals surface area contributed by atoms with Gasteiger partial charge in [-0.05, 0) is 84.5 Å². The SMILES string of the molecule is CCOc1cc(/C=C2/SC(=O)N([C@@H](C)C(=O)OC)C2=O)cc(I)c1OCc1ccc(C)cc1. The van der Waals surface area contributed by atoms with Crippen LogP contribution < -0.4 is 9.47 Å². The zero-order valence-corrected chi connectivity index (χ0v) is 21.7. The average molecular weight is 581 g/mol. The van der Waals surface area contributed by atoms with Gasteiger partial charge in [0.25, 0.3) is 11.1 Å². The van der Waals surface area contributed by atoms with Gasteiger partial charge in [0.05, 0.1) is 22.2 Å². The molecule has 2 amide bonds. The molecule has 1 fully saturated rings. The van der Waals surface area contributed by atoms with Crippen molar-refractivity contribution in [2.75, 3.05) is 13.7 Å². The van der Waals surface area contributed by atoms with Crippen LogP contribution in [0.15, 0.2) is 41.3 Å². The van der Waals surface area contributed by atoms with Gasteiger partial charge < -0.3 is 14.2 Å². The van der Waals surface area contributed by atoms with Crippen molar-refractivity contribution in [1.82, 2.24) is 4.90 Å². The van der Waals surface area contributed by atoms with E-state index in [1.165, 1.54) is 19.6 Å². The first-order chi connectivity index (χ1) is 15.7. The van der Waals surface area contributed by atoms with E-state index in [0.717, 1.165) is 25.8 Å². The molecule has 9 heteroatoms. The van der Waals surface area contributed by atoms with Gasteiger partial charge in [0.15, 0.2) is 11.5 Å². The summed E-state index contributed by atoms with van der Waals surface area (Å²) in [6, 6.07) is 10.7. The van der Waals surface area contributed by atoms with E-state index in [4.69, 9.17) is 9.47 Å². The Morgan fingerprint density at radius 2 is 1.88 bits per heavy atom. The first-order valence-electron chi connectivity index (χ1n) is 10.2. The number of hydrogen-bond acceptors (Lipinski definition) is 7. The van der Waals surface area contributed by atoms with E-state index in [1.807, 2.05) is 44.2 Å². The van der Waals surface area contributed by atoms with Crippen LogP contribution in [0.4, 0.5) is 4.79 Å². The first-order valence-corrected chi connectivity index (χ1v) is 12.1. The van der Waals surface area contributed by atoms with Crippen molar-refractivity contribution in [2.45, 2.75) is 33.4 Å². The Morgan fingerprint density at radius 1 is 1.18 bits per heavy atom. The second-order valence-electron chi connectivity index (χ2n) is 7.29. The van der Waals surface area contributed by atoms with Gasteiger partial charge in [-0.25, -0.2) is 4.79 Å². The number of benzene rings is 2. The molecule has 3 rings (SSSR count). The number of rotatable bonds is 8. The van der Waals surface area contributed by atoms with E-state index >= 15 is 0 Å². The standard InChI is InChI=1S/C24H24INO6S/c1-5-31-19-11-17(10-18(25)21(19)32-13-16-8-6-14(2)7-9-16)12-20-22(27)26(24(29)33-20)15(3)23(28)30-4/h6-12,15H,5,13H2,1-4H3/b20-12+/t15-/m0/s1. The molecule has 0 aliphatic carbocycles. The number of carbonyl (C=O) groups excluding carboxylic acids is 3. The van der Waals surface area contributed by atoms with Crippen LogP contribution in [0.1, 0.15) is 30.5 Å². The number of esters is 1. The number of halogens is 1. The van der Waals surface area contributed by atoms with E-state index in [1.54, 1.807) is 12.1 Å². The van der Waals surface area contributed by atoms with Crippen molar-refractivity contribution in [3.05, 3.63) is 61.6 Å². The van der Waals surface area contributed by atoms with Gasteiger partial charge >= 0.3 is 5.97 Å². The third-order valence-corrected chi connectivity index (χ3v) is 6.57. The summed E-state index contributed by atoms with van der Waals surface area (Å²) in [5.74, 6) is -0.0233. The molecule has 0 spiro atoms. The predicted octanol–water partition coefficient (Wildman–Crippen LogP) is 5.18. The van der Waals surface area contributed by atoms with Gasteiger partial charge in [-0.3, -0.25) is 14.5 Å². The molecule has 1 saturated heterocycles. The van der Waals surface area contributed by atoms with E-state index in [9.17, 15) is 14.4 Å². The summed E-state index contributed by atoms with van der Waals surface area (Å²) in [6.07, 6.45) is 1.61. The summed E-state index contributed by atoms with van der Waals surface area (Å²) in [5, 5.41) is -0.512. The maximum absolute atomic E-state index is 12.8. The Balaban J connectivity index is 1.86. The molecular formula is C24H24INO6S. The van der Waals surface area contributed by atoms with Crippen LogP contribution in [-0.4, -0.2) is 41.8 Å². The van der Waals surface area contributed by atoms with E-state index in [0.29, 0.717) is 30.3 Å². The van der Waals surface area contributed by atoms with Gasteiger partial charge in [0.2, 0.25) is 0 Å². The Hall–Kier alpha value is -2.53. The summed E-state index contributed by atoms with van der Waals surface area (Å²) in [5.41, 5.74) is 2.90. The highest BCUT2D eigenvalue weighted by molar-refractivity contribution is 14.1. The zero-order chi connectivity index (χ0) is 24.1. The van der Waals surface area contributed by atoms with Crippen molar-refractivity contribution in [1.29, 1.82) is 0 Å². The number of ether oxygens (including phenoxy) is 3. The van der Waals surface area contributed by atoms with E-state index in [-0.39, 0.29) is 4.91 Å². The molecule has 2 aromatic carbocycles. The van der Waals surface area contributed by atoms with Crippen LogP contribution in [0.5, 0.6) is 11.5 Å². The van der Waals surface area contributed by atoms with Crippen molar-refractivity contribution in [3.63, 3.8) is 0 Å². The Bertz CT molecular complexity index is 1100. The summed E-state index contributed by atoms with van der Waals surface area (Å²) in [6.45, 7) is 6.20. The molecule has 1 heterocycles. The maximum Gasteiger partial charge on any atom is 0.328 e. The van der Waals surface area contributed by atoms with Crippen molar-refractivity contribution < 1.29 is 28.6 Å². The fourth-order valence-electron chi connectivity index (χ4n) is 3.16.